The summed E-state index contributed by atoms with van der Waals surface area (Å²) in [5.74, 6) is 1.38. The van der Waals surface area contributed by atoms with Gasteiger partial charge < -0.3 is 4.74 Å². The van der Waals surface area contributed by atoms with Crippen molar-refractivity contribution >= 4 is 11.3 Å². The quantitative estimate of drug-likeness (QED) is 0.689. The van der Waals surface area contributed by atoms with E-state index >= 15 is 0 Å². The van der Waals surface area contributed by atoms with Crippen LogP contribution in [0.4, 0.5) is 0 Å². The second-order valence-corrected chi connectivity index (χ2v) is 5.88. The van der Waals surface area contributed by atoms with Gasteiger partial charge in [0.1, 0.15) is 10.8 Å². The zero-order chi connectivity index (χ0) is 14.7. The molecule has 0 spiro atoms. The molecule has 3 aromatic rings. The van der Waals surface area contributed by atoms with Gasteiger partial charge in [-0.3, -0.25) is 0 Å². The molecule has 21 heavy (non-hydrogen) atoms. The number of para-hydroxylation sites is 1. The van der Waals surface area contributed by atoms with E-state index in [0.29, 0.717) is 5.88 Å². The molecular weight excluding hydrogens is 280 g/mol. The van der Waals surface area contributed by atoms with Gasteiger partial charge in [0.2, 0.25) is 5.88 Å². The van der Waals surface area contributed by atoms with Gasteiger partial charge in [-0.15, -0.1) is 11.3 Å². The summed E-state index contributed by atoms with van der Waals surface area (Å²) >= 11 is 1.71. The van der Waals surface area contributed by atoms with Crippen LogP contribution < -0.4 is 4.74 Å². The number of rotatable bonds is 4. The molecule has 0 saturated carbocycles. The van der Waals surface area contributed by atoms with Crippen LogP contribution in [0.5, 0.6) is 11.6 Å². The molecule has 3 rings (SSSR count). The first kappa shape index (κ1) is 13.8. The van der Waals surface area contributed by atoms with E-state index in [1.165, 1.54) is 10.6 Å². The molecule has 0 amide bonds. The molecule has 0 radical (unpaired) electrons. The Kier molecular flexibility index (Phi) is 3.97. The standard InChI is InChI=1S/C17H16N2OS/c1-3-15-12(2)21-17(19-15)13-9-10-16(18-11-13)20-14-7-5-4-6-8-14/h4-11H,3H2,1-2H3. The van der Waals surface area contributed by atoms with Gasteiger partial charge in [0.25, 0.3) is 0 Å². The van der Waals surface area contributed by atoms with Crippen LogP contribution in [-0.4, -0.2) is 9.97 Å². The maximum Gasteiger partial charge on any atom is 0.219 e. The maximum absolute atomic E-state index is 5.69. The van der Waals surface area contributed by atoms with E-state index < -0.39 is 0 Å². The topological polar surface area (TPSA) is 35.0 Å². The molecule has 3 nitrogen and oxygen atoms in total. The van der Waals surface area contributed by atoms with Crippen LogP contribution in [0.1, 0.15) is 17.5 Å². The molecule has 1 aromatic carbocycles. The first-order chi connectivity index (χ1) is 10.3. The van der Waals surface area contributed by atoms with Crippen molar-refractivity contribution in [1.82, 2.24) is 9.97 Å². The third-order valence-electron chi connectivity index (χ3n) is 3.18. The minimum absolute atomic E-state index is 0.592. The third kappa shape index (κ3) is 3.11. The summed E-state index contributed by atoms with van der Waals surface area (Å²) in [6.07, 6.45) is 2.78. The van der Waals surface area contributed by atoms with Gasteiger partial charge in [-0.05, 0) is 31.5 Å². The number of benzene rings is 1. The van der Waals surface area contributed by atoms with E-state index in [4.69, 9.17) is 4.74 Å². The molecule has 4 heteroatoms. The molecule has 2 heterocycles. The summed E-state index contributed by atoms with van der Waals surface area (Å²) in [6, 6.07) is 13.5. The number of aryl methyl sites for hydroxylation is 2. The van der Waals surface area contributed by atoms with E-state index in [1.807, 2.05) is 48.7 Å². The first-order valence-electron chi connectivity index (χ1n) is 6.92. The third-order valence-corrected chi connectivity index (χ3v) is 4.24. The van der Waals surface area contributed by atoms with Crippen molar-refractivity contribution < 1.29 is 4.74 Å². The van der Waals surface area contributed by atoms with E-state index in [1.54, 1.807) is 11.3 Å². The average molecular weight is 296 g/mol. The molecule has 106 valence electrons. The Balaban J connectivity index is 1.80. The molecule has 0 bridgehead atoms. The van der Waals surface area contributed by atoms with Crippen molar-refractivity contribution in [1.29, 1.82) is 0 Å². The minimum Gasteiger partial charge on any atom is -0.439 e. The first-order valence-corrected chi connectivity index (χ1v) is 7.73. The summed E-state index contributed by atoms with van der Waals surface area (Å²) in [5, 5.41) is 1.02. The number of pyridine rings is 1. The molecule has 0 unspecified atom stereocenters. The second-order valence-electron chi connectivity index (χ2n) is 4.68. The number of hydrogen-bond donors (Lipinski definition) is 0. The lowest BCUT2D eigenvalue weighted by molar-refractivity contribution is 0.463. The summed E-state index contributed by atoms with van der Waals surface area (Å²) in [7, 11) is 0. The summed E-state index contributed by atoms with van der Waals surface area (Å²) in [6.45, 7) is 4.24. The highest BCUT2D eigenvalue weighted by atomic mass is 32.1. The molecule has 0 fully saturated rings. The van der Waals surface area contributed by atoms with Crippen LogP contribution in [0.15, 0.2) is 48.7 Å². The van der Waals surface area contributed by atoms with Gasteiger partial charge in [-0.25, -0.2) is 9.97 Å². The van der Waals surface area contributed by atoms with Gasteiger partial charge in [-0.2, -0.15) is 0 Å². The van der Waals surface area contributed by atoms with E-state index in [9.17, 15) is 0 Å². The normalized spacial score (nSPS) is 10.6. The number of hydrogen-bond acceptors (Lipinski definition) is 4. The predicted molar refractivity (Wildman–Crippen MR) is 86.0 cm³/mol. The van der Waals surface area contributed by atoms with Crippen molar-refractivity contribution in [3.8, 4) is 22.2 Å². The number of ether oxygens (including phenoxy) is 1. The Hall–Kier alpha value is -2.20. The van der Waals surface area contributed by atoms with E-state index in [0.717, 1.165) is 22.7 Å². The van der Waals surface area contributed by atoms with Crippen molar-refractivity contribution in [2.24, 2.45) is 0 Å². The Morgan fingerprint density at radius 1 is 1.10 bits per heavy atom. The van der Waals surface area contributed by atoms with Gasteiger partial charge >= 0.3 is 0 Å². The highest BCUT2D eigenvalue weighted by Gasteiger charge is 2.08. The van der Waals surface area contributed by atoms with Gasteiger partial charge in [0, 0.05) is 22.7 Å². The zero-order valence-electron chi connectivity index (χ0n) is 12.0. The van der Waals surface area contributed by atoms with Crippen LogP contribution in [0.25, 0.3) is 10.6 Å². The van der Waals surface area contributed by atoms with Crippen molar-refractivity contribution in [2.45, 2.75) is 20.3 Å². The predicted octanol–water partition coefficient (Wildman–Crippen LogP) is 4.87. The largest absolute Gasteiger partial charge is 0.439 e. The maximum atomic E-state index is 5.69. The van der Waals surface area contributed by atoms with E-state index in [-0.39, 0.29) is 0 Å². The lowest BCUT2D eigenvalue weighted by atomic mass is 10.3. The van der Waals surface area contributed by atoms with Gasteiger partial charge in [0.05, 0.1) is 5.69 Å². The average Bonchev–Trinajstić information content (AvgIpc) is 2.90. The fraction of sp³-hybridized carbons (Fsp3) is 0.176. The smallest absolute Gasteiger partial charge is 0.219 e. The number of thiazole rings is 1. The highest BCUT2D eigenvalue weighted by molar-refractivity contribution is 7.15. The lowest BCUT2D eigenvalue weighted by Crippen LogP contribution is -1.88. The molecule has 0 saturated heterocycles. The molecular formula is C17H16N2OS. The molecule has 0 aliphatic heterocycles. The van der Waals surface area contributed by atoms with Crippen LogP contribution >= 0.6 is 11.3 Å². The van der Waals surface area contributed by atoms with Crippen LogP contribution in [-0.2, 0) is 6.42 Å². The van der Waals surface area contributed by atoms with Crippen molar-refractivity contribution in [3.05, 3.63) is 59.2 Å². The number of nitrogens with zero attached hydrogens (tertiary/aromatic N) is 2. The SMILES string of the molecule is CCc1nc(-c2ccc(Oc3ccccc3)nc2)sc1C. The fourth-order valence-corrected chi connectivity index (χ4v) is 3.05. The van der Waals surface area contributed by atoms with Gasteiger partial charge in [0.15, 0.2) is 0 Å². The molecule has 0 atom stereocenters. The molecule has 2 aromatic heterocycles. The lowest BCUT2D eigenvalue weighted by Gasteiger charge is -2.04. The second kappa shape index (κ2) is 6.06. The Morgan fingerprint density at radius 3 is 2.52 bits per heavy atom. The Bertz CT molecular complexity index is 720. The molecule has 0 N–H and O–H groups in total. The van der Waals surface area contributed by atoms with Crippen molar-refractivity contribution in [2.75, 3.05) is 0 Å². The number of aromatic nitrogens is 2. The highest BCUT2D eigenvalue weighted by Crippen LogP contribution is 2.28. The fourth-order valence-electron chi connectivity index (χ4n) is 2.06. The van der Waals surface area contributed by atoms with E-state index in [2.05, 4.69) is 23.8 Å². The van der Waals surface area contributed by atoms with Gasteiger partial charge in [-0.1, -0.05) is 25.1 Å². The molecule has 0 aliphatic rings. The molecule has 0 aliphatic carbocycles. The Labute approximate surface area is 128 Å². The van der Waals surface area contributed by atoms with Crippen LogP contribution in [0.3, 0.4) is 0 Å². The Morgan fingerprint density at radius 2 is 1.90 bits per heavy atom. The summed E-state index contributed by atoms with van der Waals surface area (Å²) in [5.41, 5.74) is 2.20. The summed E-state index contributed by atoms with van der Waals surface area (Å²) in [4.78, 5) is 10.3. The summed E-state index contributed by atoms with van der Waals surface area (Å²) < 4.78 is 5.69. The zero-order valence-corrected chi connectivity index (χ0v) is 12.9. The van der Waals surface area contributed by atoms with Crippen LogP contribution in [0, 0.1) is 6.92 Å². The minimum atomic E-state index is 0.592. The van der Waals surface area contributed by atoms with Crippen LogP contribution in [0.2, 0.25) is 0 Å². The van der Waals surface area contributed by atoms with Crippen molar-refractivity contribution in [3.63, 3.8) is 0 Å². The monoisotopic (exact) mass is 296 g/mol.